The van der Waals surface area contributed by atoms with E-state index in [0.29, 0.717) is 30.4 Å². The molecule has 0 aliphatic carbocycles. The van der Waals surface area contributed by atoms with Gasteiger partial charge in [0.15, 0.2) is 5.82 Å². The highest BCUT2D eigenvalue weighted by Gasteiger charge is 2.36. The molecule has 150 valence electrons. The van der Waals surface area contributed by atoms with Crippen molar-refractivity contribution in [2.24, 2.45) is 0 Å². The number of carbonyl (C=O) groups is 1. The molecule has 1 aliphatic heterocycles. The van der Waals surface area contributed by atoms with E-state index in [2.05, 4.69) is 15.4 Å². The SMILES string of the molecule is CC(=O)Nc1cccc(S(=O)(=O)N2CCn3nc(-c4ccccc4)nc3[C@@H]2C)c1. The molecule has 0 bridgehead atoms. The standard InChI is InChI=1S/C20H21N5O3S/c1-14-20-22-19(16-7-4-3-5-8-16)23-24(20)11-12-25(14)29(27,28)18-10-6-9-17(13-18)21-15(2)26/h3-10,13-14H,11-12H2,1-2H3,(H,21,26)/t14-/m0/s1. The lowest BCUT2D eigenvalue weighted by Gasteiger charge is -2.31. The fourth-order valence-corrected chi connectivity index (χ4v) is 5.08. The van der Waals surface area contributed by atoms with Crippen LogP contribution >= 0.6 is 0 Å². The molecular weight excluding hydrogens is 390 g/mol. The van der Waals surface area contributed by atoms with Crippen molar-refractivity contribution in [3.8, 4) is 11.4 Å². The third-order valence-electron chi connectivity index (χ3n) is 4.83. The van der Waals surface area contributed by atoms with Crippen LogP contribution in [-0.4, -0.2) is 39.9 Å². The van der Waals surface area contributed by atoms with Gasteiger partial charge in [0, 0.05) is 24.7 Å². The molecule has 0 spiro atoms. The van der Waals surface area contributed by atoms with Crippen LogP contribution in [0.1, 0.15) is 25.7 Å². The molecule has 0 saturated heterocycles. The number of aromatic nitrogens is 3. The number of anilines is 1. The molecule has 2 aromatic carbocycles. The summed E-state index contributed by atoms with van der Waals surface area (Å²) in [5, 5.41) is 7.16. The molecule has 1 aliphatic rings. The van der Waals surface area contributed by atoms with Gasteiger partial charge < -0.3 is 5.32 Å². The fraction of sp³-hybridized carbons (Fsp3) is 0.250. The van der Waals surface area contributed by atoms with E-state index >= 15 is 0 Å². The Morgan fingerprint density at radius 2 is 1.86 bits per heavy atom. The summed E-state index contributed by atoms with van der Waals surface area (Å²) < 4.78 is 29.8. The largest absolute Gasteiger partial charge is 0.326 e. The first kappa shape index (κ1) is 19.3. The molecular formula is C20H21N5O3S. The summed E-state index contributed by atoms with van der Waals surface area (Å²) in [6.07, 6.45) is 0. The minimum Gasteiger partial charge on any atom is -0.326 e. The van der Waals surface area contributed by atoms with Crippen LogP contribution in [0.15, 0.2) is 59.5 Å². The summed E-state index contributed by atoms with van der Waals surface area (Å²) >= 11 is 0. The Kier molecular flexibility index (Phi) is 4.93. The van der Waals surface area contributed by atoms with E-state index in [1.54, 1.807) is 16.8 Å². The van der Waals surface area contributed by atoms with Gasteiger partial charge in [-0.2, -0.15) is 9.40 Å². The second kappa shape index (κ2) is 7.41. The van der Waals surface area contributed by atoms with Gasteiger partial charge in [0.2, 0.25) is 15.9 Å². The maximum Gasteiger partial charge on any atom is 0.243 e. The van der Waals surface area contributed by atoms with Gasteiger partial charge >= 0.3 is 0 Å². The normalized spacial score (nSPS) is 17.0. The number of fused-ring (bicyclic) bond motifs is 1. The molecule has 0 fully saturated rings. The number of carbonyl (C=O) groups excluding carboxylic acids is 1. The smallest absolute Gasteiger partial charge is 0.243 e. The molecule has 29 heavy (non-hydrogen) atoms. The Balaban J connectivity index is 1.66. The zero-order valence-corrected chi connectivity index (χ0v) is 16.9. The average Bonchev–Trinajstić information content (AvgIpc) is 3.14. The second-order valence-electron chi connectivity index (χ2n) is 6.88. The number of hydrogen-bond acceptors (Lipinski definition) is 5. The van der Waals surface area contributed by atoms with Crippen LogP contribution in [0.25, 0.3) is 11.4 Å². The zero-order valence-electron chi connectivity index (χ0n) is 16.1. The van der Waals surface area contributed by atoms with E-state index in [0.717, 1.165) is 5.56 Å². The summed E-state index contributed by atoms with van der Waals surface area (Å²) in [6, 6.07) is 15.4. The molecule has 4 rings (SSSR count). The number of rotatable bonds is 4. The average molecular weight is 411 g/mol. The van der Waals surface area contributed by atoms with Crippen molar-refractivity contribution in [1.82, 2.24) is 19.1 Å². The Hall–Kier alpha value is -3.04. The predicted molar refractivity (Wildman–Crippen MR) is 109 cm³/mol. The Morgan fingerprint density at radius 1 is 1.10 bits per heavy atom. The maximum atomic E-state index is 13.3. The first-order valence-electron chi connectivity index (χ1n) is 9.26. The van der Waals surface area contributed by atoms with Crippen LogP contribution in [-0.2, 0) is 21.4 Å². The third kappa shape index (κ3) is 3.66. The van der Waals surface area contributed by atoms with Gasteiger partial charge in [-0.3, -0.25) is 4.79 Å². The molecule has 0 radical (unpaired) electrons. The lowest BCUT2D eigenvalue weighted by atomic mass is 10.2. The number of hydrogen-bond donors (Lipinski definition) is 1. The van der Waals surface area contributed by atoms with E-state index in [9.17, 15) is 13.2 Å². The number of sulfonamides is 1. The highest BCUT2D eigenvalue weighted by atomic mass is 32.2. The van der Waals surface area contributed by atoms with Crippen molar-refractivity contribution in [2.45, 2.75) is 31.3 Å². The maximum absolute atomic E-state index is 13.3. The van der Waals surface area contributed by atoms with E-state index < -0.39 is 16.1 Å². The van der Waals surface area contributed by atoms with Crippen LogP contribution in [0.2, 0.25) is 0 Å². The number of amides is 1. The number of nitrogens with one attached hydrogen (secondary N) is 1. The molecule has 8 nitrogen and oxygen atoms in total. The van der Waals surface area contributed by atoms with Crippen molar-refractivity contribution in [3.63, 3.8) is 0 Å². The van der Waals surface area contributed by atoms with E-state index in [1.807, 2.05) is 37.3 Å². The molecule has 0 saturated carbocycles. The van der Waals surface area contributed by atoms with Crippen LogP contribution in [0.3, 0.4) is 0 Å². The lowest BCUT2D eigenvalue weighted by Crippen LogP contribution is -2.41. The van der Waals surface area contributed by atoms with E-state index in [1.165, 1.54) is 23.4 Å². The molecule has 2 heterocycles. The second-order valence-corrected chi connectivity index (χ2v) is 8.77. The third-order valence-corrected chi connectivity index (χ3v) is 6.80. The summed E-state index contributed by atoms with van der Waals surface area (Å²) in [5.74, 6) is 0.934. The topological polar surface area (TPSA) is 97.2 Å². The molecule has 1 aromatic heterocycles. The minimum atomic E-state index is -3.77. The van der Waals surface area contributed by atoms with Gasteiger partial charge in [-0.15, -0.1) is 0 Å². The van der Waals surface area contributed by atoms with Crippen LogP contribution in [0, 0.1) is 0 Å². The predicted octanol–water partition coefficient (Wildman–Crippen LogP) is 2.67. The van der Waals surface area contributed by atoms with Gasteiger partial charge in [0.05, 0.1) is 17.5 Å². The summed E-state index contributed by atoms with van der Waals surface area (Å²) in [6.45, 7) is 3.90. The van der Waals surface area contributed by atoms with Crippen molar-refractivity contribution in [1.29, 1.82) is 0 Å². The fourth-order valence-electron chi connectivity index (χ4n) is 3.45. The summed E-state index contributed by atoms with van der Waals surface area (Å²) in [7, 11) is -3.77. The van der Waals surface area contributed by atoms with Gasteiger partial charge in [0.25, 0.3) is 0 Å². The highest BCUT2D eigenvalue weighted by Crippen LogP contribution is 2.31. The zero-order chi connectivity index (χ0) is 20.6. The molecule has 0 unspecified atom stereocenters. The Bertz CT molecular complexity index is 1160. The van der Waals surface area contributed by atoms with Crippen molar-refractivity contribution >= 4 is 21.6 Å². The number of nitrogens with zero attached hydrogens (tertiary/aromatic N) is 4. The minimum absolute atomic E-state index is 0.131. The van der Waals surface area contributed by atoms with Crippen molar-refractivity contribution in [2.75, 3.05) is 11.9 Å². The Morgan fingerprint density at radius 3 is 2.59 bits per heavy atom. The van der Waals surface area contributed by atoms with Crippen LogP contribution < -0.4 is 5.32 Å². The molecule has 1 N–H and O–H groups in total. The van der Waals surface area contributed by atoms with Gasteiger partial charge in [-0.05, 0) is 25.1 Å². The first-order valence-corrected chi connectivity index (χ1v) is 10.7. The van der Waals surface area contributed by atoms with Gasteiger partial charge in [-0.25, -0.2) is 18.1 Å². The lowest BCUT2D eigenvalue weighted by molar-refractivity contribution is -0.114. The van der Waals surface area contributed by atoms with E-state index in [4.69, 9.17) is 0 Å². The summed E-state index contributed by atoms with van der Waals surface area (Å²) in [5.41, 5.74) is 1.33. The van der Waals surface area contributed by atoms with Crippen LogP contribution in [0.5, 0.6) is 0 Å². The molecule has 3 aromatic rings. The molecule has 1 atom stereocenters. The van der Waals surface area contributed by atoms with Crippen molar-refractivity contribution in [3.05, 3.63) is 60.4 Å². The monoisotopic (exact) mass is 411 g/mol. The molecule has 1 amide bonds. The van der Waals surface area contributed by atoms with Gasteiger partial charge in [-0.1, -0.05) is 36.4 Å². The quantitative estimate of drug-likeness (QED) is 0.712. The Labute approximate surface area is 169 Å². The van der Waals surface area contributed by atoms with Gasteiger partial charge in [0.1, 0.15) is 5.82 Å². The highest BCUT2D eigenvalue weighted by molar-refractivity contribution is 7.89. The van der Waals surface area contributed by atoms with E-state index in [-0.39, 0.29) is 10.8 Å². The van der Waals surface area contributed by atoms with Crippen LogP contribution in [0.4, 0.5) is 5.69 Å². The summed E-state index contributed by atoms with van der Waals surface area (Å²) in [4.78, 5) is 16.0. The first-order chi connectivity index (χ1) is 13.9. The number of benzene rings is 2. The molecule has 9 heteroatoms. The van der Waals surface area contributed by atoms with Crippen molar-refractivity contribution < 1.29 is 13.2 Å².